The molecular formula is C33H25N3O2S. The van der Waals surface area contributed by atoms with E-state index in [-0.39, 0.29) is 11.7 Å². The van der Waals surface area contributed by atoms with Crippen molar-refractivity contribution in [3.8, 4) is 34.2 Å². The molecule has 1 aromatic heterocycles. The number of carbonyl (C=O) groups is 1. The van der Waals surface area contributed by atoms with Gasteiger partial charge in [-0.25, -0.2) is 4.98 Å². The molecule has 1 amide bonds. The van der Waals surface area contributed by atoms with Crippen LogP contribution in [0, 0.1) is 11.3 Å². The molecule has 0 atom stereocenters. The van der Waals surface area contributed by atoms with Gasteiger partial charge in [-0.1, -0.05) is 78.5 Å². The second-order valence-corrected chi connectivity index (χ2v) is 9.59. The molecule has 0 spiro atoms. The lowest BCUT2D eigenvalue weighted by molar-refractivity contribution is -0.115. The topological polar surface area (TPSA) is 66.2 Å². The minimum atomic E-state index is -0.112. The molecule has 4 aromatic carbocycles. The summed E-state index contributed by atoms with van der Waals surface area (Å²) in [5.41, 5.74) is 5.29. The van der Waals surface area contributed by atoms with Gasteiger partial charge in [0.25, 0.3) is 0 Å². The van der Waals surface area contributed by atoms with Gasteiger partial charge < -0.3 is 4.74 Å². The van der Waals surface area contributed by atoms with Crippen molar-refractivity contribution in [2.45, 2.75) is 5.03 Å². The van der Waals surface area contributed by atoms with Gasteiger partial charge in [0.15, 0.2) is 0 Å². The van der Waals surface area contributed by atoms with Crippen LogP contribution in [0.1, 0.15) is 5.56 Å². The molecule has 0 aliphatic carbocycles. The smallest absolute Gasteiger partial charge is 0.241 e. The van der Waals surface area contributed by atoms with E-state index in [1.54, 1.807) is 12.0 Å². The van der Waals surface area contributed by atoms with Crippen LogP contribution < -0.4 is 9.64 Å². The number of benzene rings is 4. The van der Waals surface area contributed by atoms with Gasteiger partial charge in [-0.3, -0.25) is 9.69 Å². The number of thioether (sulfide) groups is 1. The number of rotatable bonds is 8. The standard InChI is InChI=1S/C33H25N3O2S/c1-38-28-19-17-25(18-20-28)31-21-29(24-11-5-2-6-12-24)30(22-34)33(35-31)39-23-32(37)36(26-13-7-3-8-14-26)27-15-9-4-10-16-27/h2-21H,23H2,1H3. The van der Waals surface area contributed by atoms with Crippen LogP contribution in [0.2, 0.25) is 0 Å². The number of hydrogen-bond donors (Lipinski definition) is 0. The highest BCUT2D eigenvalue weighted by Crippen LogP contribution is 2.35. The largest absolute Gasteiger partial charge is 0.497 e. The van der Waals surface area contributed by atoms with Crippen molar-refractivity contribution in [1.82, 2.24) is 4.98 Å². The van der Waals surface area contributed by atoms with Crippen molar-refractivity contribution >= 4 is 29.0 Å². The number of para-hydroxylation sites is 2. The van der Waals surface area contributed by atoms with Crippen molar-refractivity contribution in [2.24, 2.45) is 0 Å². The average molecular weight is 528 g/mol. The van der Waals surface area contributed by atoms with E-state index in [1.165, 1.54) is 11.8 Å². The number of methoxy groups -OCH3 is 1. The quantitative estimate of drug-likeness (QED) is 0.193. The van der Waals surface area contributed by atoms with E-state index in [0.717, 1.165) is 33.8 Å². The lowest BCUT2D eigenvalue weighted by atomic mass is 9.99. The van der Waals surface area contributed by atoms with Crippen LogP contribution in [0.5, 0.6) is 5.75 Å². The van der Waals surface area contributed by atoms with E-state index in [0.29, 0.717) is 16.3 Å². The second kappa shape index (κ2) is 12.1. The van der Waals surface area contributed by atoms with Crippen LogP contribution in [-0.4, -0.2) is 23.8 Å². The average Bonchev–Trinajstić information content (AvgIpc) is 3.01. The number of anilines is 2. The van der Waals surface area contributed by atoms with E-state index in [4.69, 9.17) is 9.72 Å². The number of amides is 1. The van der Waals surface area contributed by atoms with Gasteiger partial charge in [-0.05, 0) is 60.2 Å². The molecule has 0 fully saturated rings. The zero-order valence-electron chi connectivity index (χ0n) is 21.3. The summed E-state index contributed by atoms with van der Waals surface area (Å²) < 4.78 is 5.31. The van der Waals surface area contributed by atoms with Crippen molar-refractivity contribution < 1.29 is 9.53 Å². The number of nitrogens with zero attached hydrogens (tertiary/aromatic N) is 3. The molecule has 0 N–H and O–H groups in total. The number of nitriles is 1. The maximum atomic E-state index is 13.7. The Bertz CT molecular complexity index is 1560. The summed E-state index contributed by atoms with van der Waals surface area (Å²) in [5, 5.41) is 10.7. The number of aromatic nitrogens is 1. The predicted octanol–water partition coefficient (Wildman–Crippen LogP) is 7.75. The lowest BCUT2D eigenvalue weighted by Crippen LogP contribution is -2.27. The number of ether oxygens (including phenoxy) is 1. The Hall–Kier alpha value is -4.86. The molecule has 0 unspecified atom stereocenters. The zero-order valence-corrected chi connectivity index (χ0v) is 22.1. The Morgan fingerprint density at radius 1 is 0.821 bits per heavy atom. The van der Waals surface area contributed by atoms with E-state index >= 15 is 0 Å². The van der Waals surface area contributed by atoms with Crippen LogP contribution in [0.15, 0.2) is 126 Å². The molecule has 190 valence electrons. The van der Waals surface area contributed by atoms with Crippen LogP contribution >= 0.6 is 11.8 Å². The van der Waals surface area contributed by atoms with E-state index in [9.17, 15) is 10.1 Å². The lowest BCUT2D eigenvalue weighted by Gasteiger charge is -2.23. The SMILES string of the molecule is COc1ccc(-c2cc(-c3ccccc3)c(C#N)c(SCC(=O)N(c3ccccc3)c3ccccc3)n2)cc1. The first kappa shape index (κ1) is 25.8. The van der Waals surface area contributed by atoms with Crippen molar-refractivity contribution in [2.75, 3.05) is 17.8 Å². The second-order valence-electron chi connectivity index (χ2n) is 8.63. The van der Waals surface area contributed by atoms with Gasteiger partial charge in [0.2, 0.25) is 5.91 Å². The Balaban J connectivity index is 1.53. The highest BCUT2D eigenvalue weighted by atomic mass is 32.2. The first-order chi connectivity index (χ1) is 19.2. The predicted molar refractivity (Wildman–Crippen MR) is 157 cm³/mol. The van der Waals surface area contributed by atoms with E-state index in [2.05, 4.69) is 6.07 Å². The summed E-state index contributed by atoms with van der Waals surface area (Å²) in [5.74, 6) is 0.739. The molecule has 0 saturated heterocycles. The number of carbonyl (C=O) groups excluding carboxylic acids is 1. The molecule has 1 heterocycles. The Morgan fingerprint density at radius 2 is 1.38 bits per heavy atom. The molecule has 0 radical (unpaired) electrons. The maximum Gasteiger partial charge on any atom is 0.241 e. The summed E-state index contributed by atoms with van der Waals surface area (Å²) in [6, 6.07) is 40.8. The van der Waals surface area contributed by atoms with Gasteiger partial charge >= 0.3 is 0 Å². The van der Waals surface area contributed by atoms with Gasteiger partial charge in [-0.2, -0.15) is 5.26 Å². The minimum Gasteiger partial charge on any atom is -0.497 e. The van der Waals surface area contributed by atoms with Crippen LogP contribution in [-0.2, 0) is 4.79 Å². The molecule has 5 rings (SSSR count). The number of pyridine rings is 1. The summed E-state index contributed by atoms with van der Waals surface area (Å²) in [6.45, 7) is 0. The summed E-state index contributed by atoms with van der Waals surface area (Å²) in [4.78, 5) is 20.2. The first-order valence-electron chi connectivity index (χ1n) is 12.4. The third-order valence-electron chi connectivity index (χ3n) is 6.18. The molecule has 0 aliphatic rings. The monoisotopic (exact) mass is 527 g/mol. The van der Waals surface area contributed by atoms with Gasteiger partial charge in [-0.15, -0.1) is 0 Å². The summed E-state index contributed by atoms with van der Waals surface area (Å²) in [7, 11) is 1.63. The molecule has 0 bridgehead atoms. The molecule has 6 heteroatoms. The van der Waals surface area contributed by atoms with Crippen LogP contribution in [0.25, 0.3) is 22.4 Å². The molecule has 39 heavy (non-hydrogen) atoms. The van der Waals surface area contributed by atoms with Crippen molar-refractivity contribution in [3.63, 3.8) is 0 Å². The van der Waals surface area contributed by atoms with Crippen LogP contribution in [0.3, 0.4) is 0 Å². The van der Waals surface area contributed by atoms with Crippen LogP contribution in [0.4, 0.5) is 11.4 Å². The third-order valence-corrected chi connectivity index (χ3v) is 7.14. The molecule has 0 saturated carbocycles. The zero-order chi connectivity index (χ0) is 27.0. The Kier molecular flexibility index (Phi) is 8.01. The van der Waals surface area contributed by atoms with Gasteiger partial charge in [0.05, 0.1) is 24.1 Å². The molecule has 5 nitrogen and oxygen atoms in total. The molecule has 5 aromatic rings. The van der Waals surface area contributed by atoms with Gasteiger partial charge in [0.1, 0.15) is 16.8 Å². The summed E-state index contributed by atoms with van der Waals surface area (Å²) in [6.07, 6.45) is 0. The number of hydrogen-bond acceptors (Lipinski definition) is 5. The maximum absolute atomic E-state index is 13.7. The van der Waals surface area contributed by atoms with Crippen molar-refractivity contribution in [1.29, 1.82) is 5.26 Å². The van der Waals surface area contributed by atoms with Crippen molar-refractivity contribution in [3.05, 3.63) is 127 Å². The van der Waals surface area contributed by atoms with Gasteiger partial charge in [0, 0.05) is 22.5 Å². The van der Waals surface area contributed by atoms with E-state index in [1.807, 2.05) is 121 Å². The fraction of sp³-hybridized carbons (Fsp3) is 0.0606. The Labute approximate surface area is 232 Å². The minimum absolute atomic E-state index is 0.103. The Morgan fingerprint density at radius 3 is 1.92 bits per heavy atom. The first-order valence-corrected chi connectivity index (χ1v) is 13.4. The van der Waals surface area contributed by atoms with E-state index < -0.39 is 0 Å². The molecule has 0 aliphatic heterocycles. The normalized spacial score (nSPS) is 10.5. The third kappa shape index (κ3) is 5.85. The fourth-order valence-corrected chi connectivity index (χ4v) is 5.13. The highest BCUT2D eigenvalue weighted by molar-refractivity contribution is 8.00. The fourth-order valence-electron chi connectivity index (χ4n) is 4.28. The highest BCUT2D eigenvalue weighted by Gasteiger charge is 2.21. The molecular weight excluding hydrogens is 502 g/mol. The summed E-state index contributed by atoms with van der Waals surface area (Å²) >= 11 is 1.27.